The third-order valence-corrected chi connectivity index (χ3v) is 4.87. The van der Waals surface area contributed by atoms with E-state index in [9.17, 15) is 0 Å². The second-order valence-electron chi connectivity index (χ2n) is 5.40. The molecular formula is C14H21N5S. The summed E-state index contributed by atoms with van der Waals surface area (Å²) in [6, 6.07) is 0.218. The van der Waals surface area contributed by atoms with Crippen LogP contribution in [0.1, 0.15) is 54.4 Å². The number of aromatic nitrogens is 4. The molecule has 1 unspecified atom stereocenters. The Labute approximate surface area is 123 Å². The molecule has 1 atom stereocenters. The molecule has 0 saturated heterocycles. The third-order valence-electron chi connectivity index (χ3n) is 3.94. The standard InChI is InChI=1S/C14H21N5S/c1-10-12(20-9-16-10)8-15-11(2)14-18-17-13-6-4-3-5-7-19(13)14/h9,11,15H,3-8H2,1-2H3. The fraction of sp³-hybridized carbons (Fsp3) is 0.643. The topological polar surface area (TPSA) is 55.6 Å². The molecule has 2 aromatic heterocycles. The molecular weight excluding hydrogens is 270 g/mol. The fourth-order valence-corrected chi connectivity index (χ4v) is 3.39. The van der Waals surface area contributed by atoms with Crippen LogP contribution in [0.25, 0.3) is 0 Å². The number of aryl methyl sites for hydroxylation is 2. The molecule has 1 aliphatic heterocycles. The molecule has 0 radical (unpaired) electrons. The van der Waals surface area contributed by atoms with E-state index in [1.54, 1.807) is 11.3 Å². The summed E-state index contributed by atoms with van der Waals surface area (Å²) in [4.78, 5) is 5.58. The SMILES string of the molecule is Cc1ncsc1CNC(C)c1nnc2n1CCCCC2. The van der Waals surface area contributed by atoms with Crippen LogP contribution in [0.15, 0.2) is 5.51 Å². The van der Waals surface area contributed by atoms with Crippen molar-refractivity contribution in [3.05, 3.63) is 27.7 Å². The van der Waals surface area contributed by atoms with E-state index in [1.165, 1.54) is 24.1 Å². The van der Waals surface area contributed by atoms with Crippen molar-refractivity contribution in [2.24, 2.45) is 0 Å². The molecule has 0 fully saturated rings. The summed E-state index contributed by atoms with van der Waals surface area (Å²) in [6.45, 7) is 6.13. The second kappa shape index (κ2) is 6.01. The fourth-order valence-electron chi connectivity index (χ4n) is 2.66. The van der Waals surface area contributed by atoms with Crippen LogP contribution in [-0.2, 0) is 19.5 Å². The molecule has 5 nitrogen and oxygen atoms in total. The molecule has 6 heteroatoms. The molecule has 3 heterocycles. The maximum absolute atomic E-state index is 4.40. The summed E-state index contributed by atoms with van der Waals surface area (Å²) < 4.78 is 2.31. The number of hydrogen-bond donors (Lipinski definition) is 1. The zero-order valence-corrected chi connectivity index (χ0v) is 12.9. The first-order chi connectivity index (χ1) is 9.75. The number of rotatable bonds is 4. The van der Waals surface area contributed by atoms with E-state index in [4.69, 9.17) is 0 Å². The number of nitrogens with zero attached hydrogens (tertiary/aromatic N) is 4. The smallest absolute Gasteiger partial charge is 0.149 e. The van der Waals surface area contributed by atoms with Crippen LogP contribution in [0, 0.1) is 6.92 Å². The Kier molecular flexibility index (Phi) is 4.12. The van der Waals surface area contributed by atoms with Crippen LogP contribution in [-0.4, -0.2) is 19.7 Å². The third kappa shape index (κ3) is 2.76. The second-order valence-corrected chi connectivity index (χ2v) is 6.34. The van der Waals surface area contributed by atoms with E-state index in [1.807, 2.05) is 5.51 Å². The van der Waals surface area contributed by atoms with Gasteiger partial charge >= 0.3 is 0 Å². The van der Waals surface area contributed by atoms with Crippen LogP contribution in [0.2, 0.25) is 0 Å². The summed E-state index contributed by atoms with van der Waals surface area (Å²) >= 11 is 1.70. The van der Waals surface area contributed by atoms with E-state index in [0.717, 1.165) is 36.9 Å². The molecule has 0 amide bonds. The Morgan fingerprint density at radius 3 is 3.05 bits per heavy atom. The van der Waals surface area contributed by atoms with E-state index in [0.29, 0.717) is 0 Å². The van der Waals surface area contributed by atoms with Gasteiger partial charge in [0.1, 0.15) is 11.6 Å². The van der Waals surface area contributed by atoms with Crippen molar-refractivity contribution in [2.45, 2.75) is 58.7 Å². The van der Waals surface area contributed by atoms with Crippen molar-refractivity contribution in [2.75, 3.05) is 0 Å². The van der Waals surface area contributed by atoms with Gasteiger partial charge in [-0.15, -0.1) is 21.5 Å². The molecule has 0 aliphatic carbocycles. The van der Waals surface area contributed by atoms with Gasteiger partial charge in [0, 0.05) is 24.4 Å². The summed E-state index contributed by atoms with van der Waals surface area (Å²) in [5, 5.41) is 12.3. The lowest BCUT2D eigenvalue weighted by Gasteiger charge is -2.14. The van der Waals surface area contributed by atoms with E-state index >= 15 is 0 Å². The van der Waals surface area contributed by atoms with E-state index in [-0.39, 0.29) is 6.04 Å². The highest BCUT2D eigenvalue weighted by Crippen LogP contribution is 2.19. The first kappa shape index (κ1) is 13.7. The highest BCUT2D eigenvalue weighted by atomic mass is 32.1. The minimum atomic E-state index is 0.218. The Morgan fingerprint density at radius 1 is 1.35 bits per heavy atom. The summed E-state index contributed by atoms with van der Waals surface area (Å²) in [5.41, 5.74) is 3.02. The Morgan fingerprint density at radius 2 is 2.25 bits per heavy atom. The highest BCUT2D eigenvalue weighted by molar-refractivity contribution is 7.09. The predicted molar refractivity (Wildman–Crippen MR) is 79.7 cm³/mol. The van der Waals surface area contributed by atoms with E-state index < -0.39 is 0 Å². The van der Waals surface area contributed by atoms with E-state index in [2.05, 4.69) is 38.9 Å². The maximum Gasteiger partial charge on any atom is 0.149 e. The zero-order valence-electron chi connectivity index (χ0n) is 12.1. The van der Waals surface area contributed by atoms with Gasteiger partial charge in [-0.2, -0.15) is 0 Å². The van der Waals surface area contributed by atoms with Gasteiger partial charge in [0.15, 0.2) is 0 Å². The molecule has 2 aromatic rings. The monoisotopic (exact) mass is 291 g/mol. The molecule has 3 rings (SSSR count). The zero-order chi connectivity index (χ0) is 13.9. The summed E-state index contributed by atoms with van der Waals surface area (Å²) in [6.07, 6.45) is 4.83. The van der Waals surface area contributed by atoms with Crippen LogP contribution >= 0.6 is 11.3 Å². The molecule has 20 heavy (non-hydrogen) atoms. The first-order valence-electron chi connectivity index (χ1n) is 7.30. The van der Waals surface area contributed by atoms with Crippen molar-refractivity contribution in [1.82, 2.24) is 25.1 Å². The lowest BCUT2D eigenvalue weighted by molar-refractivity contribution is 0.503. The lowest BCUT2D eigenvalue weighted by Crippen LogP contribution is -2.22. The number of fused-ring (bicyclic) bond motifs is 1. The largest absolute Gasteiger partial charge is 0.314 e. The number of nitrogens with one attached hydrogen (secondary N) is 1. The minimum Gasteiger partial charge on any atom is -0.314 e. The van der Waals surface area contributed by atoms with Crippen LogP contribution in [0.5, 0.6) is 0 Å². The molecule has 0 saturated carbocycles. The summed E-state index contributed by atoms with van der Waals surface area (Å²) in [7, 11) is 0. The minimum absolute atomic E-state index is 0.218. The van der Waals surface area contributed by atoms with Crippen molar-refractivity contribution < 1.29 is 0 Å². The van der Waals surface area contributed by atoms with Gasteiger partial charge in [-0.05, 0) is 26.7 Å². The Hall–Kier alpha value is -1.27. The Bertz CT molecular complexity index is 574. The summed E-state index contributed by atoms with van der Waals surface area (Å²) in [5.74, 6) is 2.23. The van der Waals surface area contributed by atoms with Crippen molar-refractivity contribution in [3.8, 4) is 0 Å². The molecule has 1 N–H and O–H groups in total. The molecule has 108 valence electrons. The van der Waals surface area contributed by atoms with Crippen LogP contribution in [0.3, 0.4) is 0 Å². The quantitative estimate of drug-likeness (QED) is 0.941. The van der Waals surface area contributed by atoms with Gasteiger partial charge in [0.25, 0.3) is 0 Å². The first-order valence-corrected chi connectivity index (χ1v) is 8.18. The van der Waals surface area contributed by atoms with Crippen molar-refractivity contribution >= 4 is 11.3 Å². The van der Waals surface area contributed by atoms with Crippen LogP contribution in [0.4, 0.5) is 0 Å². The van der Waals surface area contributed by atoms with Crippen LogP contribution < -0.4 is 5.32 Å². The van der Waals surface area contributed by atoms with Gasteiger partial charge in [0.2, 0.25) is 0 Å². The predicted octanol–water partition coefficient (Wildman–Crippen LogP) is 2.62. The molecule has 1 aliphatic rings. The van der Waals surface area contributed by atoms with Gasteiger partial charge in [-0.1, -0.05) is 6.42 Å². The maximum atomic E-state index is 4.40. The van der Waals surface area contributed by atoms with Gasteiger partial charge < -0.3 is 9.88 Å². The number of hydrogen-bond acceptors (Lipinski definition) is 5. The normalized spacial score (nSPS) is 16.7. The molecule has 0 spiro atoms. The van der Waals surface area contributed by atoms with Crippen molar-refractivity contribution in [3.63, 3.8) is 0 Å². The average molecular weight is 291 g/mol. The van der Waals surface area contributed by atoms with Crippen molar-refractivity contribution in [1.29, 1.82) is 0 Å². The van der Waals surface area contributed by atoms with Gasteiger partial charge in [-0.25, -0.2) is 4.98 Å². The molecule has 0 bridgehead atoms. The lowest BCUT2D eigenvalue weighted by atomic mass is 10.2. The van der Waals surface area contributed by atoms with Gasteiger partial charge in [0.05, 0.1) is 17.2 Å². The Balaban J connectivity index is 1.69. The van der Waals surface area contributed by atoms with Gasteiger partial charge in [-0.3, -0.25) is 0 Å². The highest BCUT2D eigenvalue weighted by Gasteiger charge is 2.19. The molecule has 0 aromatic carbocycles. The number of thiazole rings is 1. The average Bonchev–Trinajstić information content (AvgIpc) is 2.96.